The van der Waals surface area contributed by atoms with Crippen molar-refractivity contribution in [1.29, 1.82) is 0 Å². The van der Waals surface area contributed by atoms with Crippen LogP contribution in [0.15, 0.2) is 28.8 Å². The van der Waals surface area contributed by atoms with E-state index in [1.54, 1.807) is 7.11 Å². The van der Waals surface area contributed by atoms with Crippen LogP contribution in [-0.2, 0) is 13.2 Å². The number of nitrogens with two attached hydrogens (primary N) is 1. The molecule has 0 unspecified atom stereocenters. The third-order valence-electron chi connectivity index (χ3n) is 2.11. The zero-order valence-electron chi connectivity index (χ0n) is 9.42. The largest absolute Gasteiger partial charge is 0.493 e. The predicted octanol–water partition coefficient (Wildman–Crippen LogP) is 1.12. The van der Waals surface area contributed by atoms with Crippen molar-refractivity contribution in [2.24, 2.45) is 5.73 Å². The molecule has 0 aliphatic carbocycles. The van der Waals surface area contributed by atoms with E-state index in [9.17, 15) is 0 Å². The molecular formula is C11H13N3O3. The quantitative estimate of drug-likeness (QED) is 0.835. The highest BCUT2D eigenvalue weighted by Gasteiger charge is 2.07. The summed E-state index contributed by atoms with van der Waals surface area (Å²) < 4.78 is 15.5. The average Bonchev–Trinajstić information content (AvgIpc) is 2.84. The number of hydrogen-bond donors (Lipinski definition) is 1. The molecule has 2 rings (SSSR count). The first kappa shape index (κ1) is 11.4. The number of rotatable bonds is 5. The van der Waals surface area contributed by atoms with Crippen molar-refractivity contribution >= 4 is 0 Å². The molecule has 0 amide bonds. The van der Waals surface area contributed by atoms with Crippen LogP contribution in [0.2, 0.25) is 0 Å². The average molecular weight is 235 g/mol. The van der Waals surface area contributed by atoms with Crippen LogP contribution < -0.4 is 15.2 Å². The normalized spacial score (nSPS) is 10.2. The summed E-state index contributed by atoms with van der Waals surface area (Å²) in [6.45, 7) is 0.436. The molecular weight excluding hydrogens is 222 g/mol. The summed E-state index contributed by atoms with van der Waals surface area (Å²) in [5.74, 6) is 2.14. The highest BCUT2D eigenvalue weighted by atomic mass is 16.5. The van der Waals surface area contributed by atoms with Gasteiger partial charge in [0, 0.05) is 0 Å². The summed E-state index contributed by atoms with van der Waals surface area (Å²) in [5, 5.41) is 3.73. The summed E-state index contributed by atoms with van der Waals surface area (Å²) in [6.07, 6.45) is 0. The Labute approximate surface area is 98.3 Å². The fraction of sp³-hybridized carbons (Fsp3) is 0.273. The maximum Gasteiger partial charge on any atom is 0.240 e. The minimum Gasteiger partial charge on any atom is -0.493 e. The molecule has 2 aromatic rings. The molecule has 0 saturated heterocycles. The summed E-state index contributed by atoms with van der Waals surface area (Å²) in [7, 11) is 1.59. The first-order valence-electron chi connectivity index (χ1n) is 5.11. The molecule has 90 valence electrons. The number of para-hydroxylation sites is 2. The van der Waals surface area contributed by atoms with Crippen molar-refractivity contribution in [3.05, 3.63) is 36.0 Å². The molecule has 1 heterocycles. The van der Waals surface area contributed by atoms with E-state index in [2.05, 4.69) is 10.1 Å². The molecule has 17 heavy (non-hydrogen) atoms. The van der Waals surface area contributed by atoms with Gasteiger partial charge in [-0.1, -0.05) is 17.3 Å². The van der Waals surface area contributed by atoms with Crippen molar-refractivity contribution < 1.29 is 14.0 Å². The van der Waals surface area contributed by atoms with E-state index in [1.807, 2.05) is 24.3 Å². The summed E-state index contributed by atoms with van der Waals surface area (Å²) in [6, 6.07) is 7.35. The first-order valence-corrected chi connectivity index (χ1v) is 5.11. The molecule has 0 fully saturated rings. The van der Waals surface area contributed by atoms with Gasteiger partial charge in [0.1, 0.15) is 0 Å². The fourth-order valence-corrected chi connectivity index (χ4v) is 1.31. The smallest absolute Gasteiger partial charge is 0.240 e. The van der Waals surface area contributed by atoms with Crippen LogP contribution in [0.1, 0.15) is 11.7 Å². The molecule has 1 aromatic heterocycles. The minimum absolute atomic E-state index is 0.212. The summed E-state index contributed by atoms with van der Waals surface area (Å²) in [4.78, 5) is 4.03. The Morgan fingerprint density at radius 2 is 2.06 bits per heavy atom. The lowest BCUT2D eigenvalue weighted by Crippen LogP contribution is -2.00. The van der Waals surface area contributed by atoms with E-state index in [0.717, 1.165) is 0 Å². The SMILES string of the molecule is COc1ccccc1OCc1noc(CN)n1. The van der Waals surface area contributed by atoms with Gasteiger partial charge in [-0.2, -0.15) is 4.98 Å². The molecule has 0 radical (unpaired) electrons. The Hall–Kier alpha value is -2.08. The van der Waals surface area contributed by atoms with Gasteiger partial charge in [0.2, 0.25) is 11.7 Å². The van der Waals surface area contributed by atoms with Crippen LogP contribution in [0.3, 0.4) is 0 Å². The Kier molecular flexibility index (Phi) is 3.56. The van der Waals surface area contributed by atoms with E-state index >= 15 is 0 Å². The van der Waals surface area contributed by atoms with Gasteiger partial charge in [0.15, 0.2) is 18.1 Å². The van der Waals surface area contributed by atoms with Crippen molar-refractivity contribution in [1.82, 2.24) is 10.1 Å². The number of methoxy groups -OCH3 is 1. The number of benzene rings is 1. The Bertz CT molecular complexity index is 484. The van der Waals surface area contributed by atoms with Crippen molar-refractivity contribution in [2.45, 2.75) is 13.2 Å². The van der Waals surface area contributed by atoms with E-state index in [4.69, 9.17) is 19.7 Å². The second-order valence-corrected chi connectivity index (χ2v) is 3.25. The Morgan fingerprint density at radius 3 is 2.71 bits per heavy atom. The molecule has 0 spiro atoms. The van der Waals surface area contributed by atoms with Crippen molar-refractivity contribution in [3.8, 4) is 11.5 Å². The van der Waals surface area contributed by atoms with Gasteiger partial charge in [-0.05, 0) is 12.1 Å². The lowest BCUT2D eigenvalue weighted by Gasteiger charge is -2.07. The fourth-order valence-electron chi connectivity index (χ4n) is 1.31. The summed E-state index contributed by atoms with van der Waals surface area (Å²) in [5.41, 5.74) is 5.36. The van der Waals surface area contributed by atoms with Crippen LogP contribution in [-0.4, -0.2) is 17.3 Å². The van der Waals surface area contributed by atoms with E-state index in [1.165, 1.54) is 0 Å². The monoisotopic (exact) mass is 235 g/mol. The molecule has 0 aliphatic rings. The molecule has 0 bridgehead atoms. The van der Waals surface area contributed by atoms with Crippen LogP contribution in [0.5, 0.6) is 11.5 Å². The third kappa shape index (κ3) is 2.73. The van der Waals surface area contributed by atoms with E-state index < -0.39 is 0 Å². The molecule has 1 aromatic carbocycles. The number of nitrogens with zero attached hydrogens (tertiary/aromatic N) is 2. The van der Waals surface area contributed by atoms with E-state index in [0.29, 0.717) is 23.2 Å². The molecule has 2 N–H and O–H groups in total. The molecule has 0 atom stereocenters. The highest BCUT2D eigenvalue weighted by Crippen LogP contribution is 2.26. The van der Waals surface area contributed by atoms with E-state index in [-0.39, 0.29) is 13.2 Å². The molecule has 6 nitrogen and oxygen atoms in total. The molecule has 0 saturated carbocycles. The zero-order chi connectivity index (χ0) is 12.1. The lowest BCUT2D eigenvalue weighted by atomic mass is 10.3. The lowest BCUT2D eigenvalue weighted by molar-refractivity contribution is 0.269. The van der Waals surface area contributed by atoms with Gasteiger partial charge < -0.3 is 19.7 Å². The second kappa shape index (κ2) is 5.31. The first-order chi connectivity index (χ1) is 8.33. The van der Waals surface area contributed by atoms with Crippen LogP contribution in [0.25, 0.3) is 0 Å². The summed E-state index contributed by atoms with van der Waals surface area (Å²) >= 11 is 0. The van der Waals surface area contributed by atoms with Crippen LogP contribution in [0, 0.1) is 0 Å². The third-order valence-corrected chi connectivity index (χ3v) is 2.11. The van der Waals surface area contributed by atoms with Crippen molar-refractivity contribution in [3.63, 3.8) is 0 Å². The zero-order valence-corrected chi connectivity index (χ0v) is 9.42. The Morgan fingerprint density at radius 1 is 1.29 bits per heavy atom. The number of aromatic nitrogens is 2. The highest BCUT2D eigenvalue weighted by molar-refractivity contribution is 5.39. The molecule has 6 heteroatoms. The number of hydrogen-bond acceptors (Lipinski definition) is 6. The van der Waals surface area contributed by atoms with Crippen LogP contribution in [0.4, 0.5) is 0 Å². The Balaban J connectivity index is 2.01. The van der Waals surface area contributed by atoms with Gasteiger partial charge in [-0.25, -0.2) is 0 Å². The van der Waals surface area contributed by atoms with Crippen molar-refractivity contribution in [2.75, 3.05) is 7.11 Å². The standard InChI is InChI=1S/C11H13N3O3/c1-15-8-4-2-3-5-9(8)16-7-10-13-11(6-12)17-14-10/h2-5H,6-7,12H2,1H3. The number of ether oxygens (including phenoxy) is 2. The van der Waals surface area contributed by atoms with Gasteiger partial charge in [0.25, 0.3) is 0 Å². The van der Waals surface area contributed by atoms with Gasteiger partial charge in [0.05, 0.1) is 13.7 Å². The van der Waals surface area contributed by atoms with Crippen LogP contribution >= 0.6 is 0 Å². The minimum atomic E-state index is 0.212. The topological polar surface area (TPSA) is 83.4 Å². The van der Waals surface area contributed by atoms with Gasteiger partial charge >= 0.3 is 0 Å². The van der Waals surface area contributed by atoms with Gasteiger partial charge in [-0.15, -0.1) is 0 Å². The molecule has 0 aliphatic heterocycles. The van der Waals surface area contributed by atoms with Gasteiger partial charge in [-0.3, -0.25) is 0 Å². The maximum atomic E-state index is 5.52. The predicted molar refractivity (Wildman–Crippen MR) is 59.5 cm³/mol. The maximum absolute atomic E-state index is 5.52. The second-order valence-electron chi connectivity index (χ2n) is 3.25.